The maximum Gasteiger partial charge on any atom is 0.271 e. The number of aryl methyl sites for hydroxylation is 1. The second-order valence-electron chi connectivity index (χ2n) is 6.82. The number of nitrogens with zero attached hydrogens (tertiary/aromatic N) is 4. The number of aromatic nitrogens is 3. The summed E-state index contributed by atoms with van der Waals surface area (Å²) in [6, 6.07) is 5.29. The van der Waals surface area contributed by atoms with Gasteiger partial charge in [-0.25, -0.2) is 9.97 Å². The van der Waals surface area contributed by atoms with Crippen LogP contribution >= 0.6 is 11.6 Å². The first-order valence-electron chi connectivity index (χ1n) is 8.88. The van der Waals surface area contributed by atoms with Gasteiger partial charge in [-0.3, -0.25) is 9.20 Å². The zero-order valence-electron chi connectivity index (χ0n) is 16.2. The highest BCUT2D eigenvalue weighted by atomic mass is 35.5. The first-order chi connectivity index (χ1) is 13.3. The average Bonchev–Trinajstić information content (AvgIpc) is 3.04. The van der Waals surface area contributed by atoms with Crippen LogP contribution in [0.5, 0.6) is 0 Å². The minimum absolute atomic E-state index is 0.255. The molecule has 3 aromatic rings. The highest BCUT2D eigenvalue weighted by molar-refractivity contribution is 6.31. The van der Waals surface area contributed by atoms with Crippen LogP contribution in [0.15, 0.2) is 24.4 Å². The molecule has 0 aliphatic heterocycles. The van der Waals surface area contributed by atoms with Crippen molar-refractivity contribution < 1.29 is 4.79 Å². The number of hydrogen-bond acceptors (Lipinski definition) is 6. The number of likely N-dealkylation sites (N-methyl/N-ethyl adjacent to an activating group) is 1. The number of halogens is 1. The summed E-state index contributed by atoms with van der Waals surface area (Å²) in [5.41, 5.74) is 16.1. The van der Waals surface area contributed by atoms with E-state index in [2.05, 4.69) is 15.3 Å². The normalized spacial score (nSPS) is 11.4. The van der Waals surface area contributed by atoms with Gasteiger partial charge in [0.05, 0.1) is 5.69 Å². The van der Waals surface area contributed by atoms with Crippen molar-refractivity contribution in [3.8, 4) is 11.3 Å². The molecule has 28 heavy (non-hydrogen) atoms. The molecule has 0 fully saturated rings. The third kappa shape index (κ3) is 3.94. The molecule has 0 radical (unpaired) electrons. The molecule has 0 saturated carbocycles. The molecule has 148 valence electrons. The second kappa shape index (κ2) is 8.14. The number of amides is 1. The minimum Gasteiger partial charge on any atom is -0.398 e. The third-order valence-electron chi connectivity index (χ3n) is 4.47. The molecule has 8 nitrogen and oxygen atoms in total. The van der Waals surface area contributed by atoms with E-state index in [9.17, 15) is 4.79 Å². The van der Waals surface area contributed by atoms with Gasteiger partial charge in [0.25, 0.3) is 5.91 Å². The summed E-state index contributed by atoms with van der Waals surface area (Å²) < 4.78 is 1.76. The SMILES string of the molecule is Cc1nc2nc(C(=O)NCCN(C)C)cn2c(-c2ccc(Cl)cc2N)c1CN. The van der Waals surface area contributed by atoms with E-state index in [-0.39, 0.29) is 18.1 Å². The summed E-state index contributed by atoms with van der Waals surface area (Å²) in [5, 5.41) is 3.41. The van der Waals surface area contributed by atoms with Crippen LogP contribution < -0.4 is 16.8 Å². The van der Waals surface area contributed by atoms with Gasteiger partial charge in [-0.1, -0.05) is 11.6 Å². The van der Waals surface area contributed by atoms with Gasteiger partial charge in [0.1, 0.15) is 5.69 Å². The van der Waals surface area contributed by atoms with Crippen LogP contribution in [0.2, 0.25) is 5.02 Å². The summed E-state index contributed by atoms with van der Waals surface area (Å²) in [6.07, 6.45) is 1.66. The lowest BCUT2D eigenvalue weighted by atomic mass is 10.0. The molecule has 0 spiro atoms. The number of nitrogens with two attached hydrogens (primary N) is 2. The zero-order chi connectivity index (χ0) is 20.4. The van der Waals surface area contributed by atoms with Crippen molar-refractivity contribution in [1.82, 2.24) is 24.6 Å². The number of carbonyl (C=O) groups is 1. The quantitative estimate of drug-likeness (QED) is 0.541. The van der Waals surface area contributed by atoms with Gasteiger partial charge in [0.2, 0.25) is 5.78 Å². The molecule has 0 saturated heterocycles. The number of anilines is 1. The number of benzene rings is 1. The number of carbonyl (C=O) groups excluding carboxylic acids is 1. The summed E-state index contributed by atoms with van der Waals surface area (Å²) in [6.45, 7) is 3.40. The zero-order valence-corrected chi connectivity index (χ0v) is 16.9. The fourth-order valence-corrected chi connectivity index (χ4v) is 3.21. The van der Waals surface area contributed by atoms with Gasteiger partial charge in [0, 0.05) is 53.4 Å². The molecule has 1 amide bonds. The Morgan fingerprint density at radius 3 is 2.71 bits per heavy atom. The summed E-state index contributed by atoms with van der Waals surface area (Å²) >= 11 is 6.05. The van der Waals surface area contributed by atoms with Gasteiger partial charge in [-0.05, 0) is 39.2 Å². The Balaban J connectivity index is 2.11. The molecule has 2 aromatic heterocycles. The van der Waals surface area contributed by atoms with Crippen LogP contribution in [-0.4, -0.2) is 52.4 Å². The van der Waals surface area contributed by atoms with E-state index in [1.54, 1.807) is 22.7 Å². The molecule has 9 heteroatoms. The smallest absolute Gasteiger partial charge is 0.271 e. The third-order valence-corrected chi connectivity index (χ3v) is 4.70. The van der Waals surface area contributed by atoms with Crippen molar-refractivity contribution >= 4 is 29.0 Å². The standard InChI is InChI=1S/C19H24ClN7O/c1-11-14(9-21)17(13-5-4-12(20)8-15(13)22)27-10-16(25-19(27)24-11)18(28)23-6-7-26(2)3/h4-5,8,10H,6-7,9,21-22H2,1-3H3,(H,23,28). The van der Waals surface area contributed by atoms with Crippen LogP contribution in [-0.2, 0) is 6.54 Å². The Hall–Kier alpha value is -2.68. The highest BCUT2D eigenvalue weighted by Crippen LogP contribution is 2.32. The van der Waals surface area contributed by atoms with Crippen LogP contribution in [0, 0.1) is 6.92 Å². The van der Waals surface area contributed by atoms with Gasteiger partial charge in [-0.15, -0.1) is 0 Å². The molecule has 3 rings (SSSR count). The Labute approximate surface area is 168 Å². The lowest BCUT2D eigenvalue weighted by Gasteiger charge is -2.15. The molecule has 2 heterocycles. The van der Waals surface area contributed by atoms with Crippen LogP contribution in [0.1, 0.15) is 21.7 Å². The number of fused-ring (bicyclic) bond motifs is 1. The highest BCUT2D eigenvalue weighted by Gasteiger charge is 2.19. The molecular formula is C19H24ClN7O. The fourth-order valence-electron chi connectivity index (χ4n) is 3.03. The Kier molecular flexibility index (Phi) is 5.83. The van der Waals surface area contributed by atoms with E-state index in [0.717, 1.165) is 29.1 Å². The molecule has 5 N–H and O–H groups in total. The van der Waals surface area contributed by atoms with Gasteiger partial charge < -0.3 is 21.7 Å². The summed E-state index contributed by atoms with van der Waals surface area (Å²) in [7, 11) is 3.89. The monoisotopic (exact) mass is 401 g/mol. The topological polar surface area (TPSA) is 115 Å². The minimum atomic E-state index is -0.255. The Morgan fingerprint density at radius 1 is 1.32 bits per heavy atom. The molecule has 1 aromatic carbocycles. The molecule has 0 bridgehead atoms. The first-order valence-corrected chi connectivity index (χ1v) is 9.26. The molecule has 0 atom stereocenters. The maximum atomic E-state index is 12.5. The molecule has 0 aliphatic carbocycles. The molecule has 0 unspecified atom stereocenters. The largest absolute Gasteiger partial charge is 0.398 e. The van der Waals surface area contributed by atoms with Crippen LogP contribution in [0.25, 0.3) is 17.0 Å². The van der Waals surface area contributed by atoms with E-state index in [4.69, 9.17) is 23.1 Å². The number of imidazole rings is 1. The lowest BCUT2D eigenvalue weighted by molar-refractivity contribution is 0.0946. The van der Waals surface area contributed by atoms with Gasteiger partial charge in [-0.2, -0.15) is 0 Å². The van der Waals surface area contributed by atoms with Crippen molar-refractivity contribution in [2.75, 3.05) is 32.9 Å². The van der Waals surface area contributed by atoms with E-state index < -0.39 is 0 Å². The Bertz CT molecular complexity index is 1030. The van der Waals surface area contributed by atoms with Crippen molar-refractivity contribution in [2.45, 2.75) is 13.5 Å². The summed E-state index contributed by atoms with van der Waals surface area (Å²) in [4.78, 5) is 23.4. The molecular weight excluding hydrogens is 378 g/mol. The van der Waals surface area contributed by atoms with Gasteiger partial charge in [0.15, 0.2) is 0 Å². The van der Waals surface area contributed by atoms with Crippen LogP contribution in [0.4, 0.5) is 5.69 Å². The number of rotatable bonds is 6. The maximum absolute atomic E-state index is 12.5. The number of nitrogens with one attached hydrogen (secondary N) is 1. The Morgan fingerprint density at radius 2 is 2.07 bits per heavy atom. The van der Waals surface area contributed by atoms with E-state index in [1.165, 1.54) is 0 Å². The van der Waals surface area contributed by atoms with Crippen molar-refractivity contribution in [1.29, 1.82) is 0 Å². The number of hydrogen-bond donors (Lipinski definition) is 3. The average molecular weight is 402 g/mol. The molecule has 0 aliphatic rings. The lowest BCUT2D eigenvalue weighted by Crippen LogP contribution is -2.31. The van der Waals surface area contributed by atoms with Crippen molar-refractivity contribution in [2.24, 2.45) is 5.73 Å². The predicted molar refractivity (Wildman–Crippen MR) is 111 cm³/mol. The van der Waals surface area contributed by atoms with E-state index in [1.807, 2.05) is 32.0 Å². The second-order valence-corrected chi connectivity index (χ2v) is 7.25. The summed E-state index contributed by atoms with van der Waals surface area (Å²) in [5.74, 6) is 0.158. The van der Waals surface area contributed by atoms with E-state index in [0.29, 0.717) is 23.0 Å². The van der Waals surface area contributed by atoms with E-state index >= 15 is 0 Å². The van der Waals surface area contributed by atoms with Crippen molar-refractivity contribution in [3.63, 3.8) is 0 Å². The first kappa shape index (κ1) is 20.1. The van der Waals surface area contributed by atoms with Crippen LogP contribution in [0.3, 0.4) is 0 Å². The predicted octanol–water partition coefficient (Wildman–Crippen LogP) is 1.69. The number of nitrogen functional groups attached to an aromatic ring is 1. The van der Waals surface area contributed by atoms with Gasteiger partial charge >= 0.3 is 0 Å². The van der Waals surface area contributed by atoms with Crippen molar-refractivity contribution in [3.05, 3.63) is 46.4 Å². The fraction of sp³-hybridized carbons (Fsp3) is 0.316.